The van der Waals surface area contributed by atoms with Crippen LogP contribution in [0.25, 0.3) is 5.69 Å². The van der Waals surface area contributed by atoms with Crippen molar-refractivity contribution < 1.29 is 4.79 Å². The standard InChI is InChI=1S/C15H17BrN2O/c1-4-11-8-12(5-2)18(17-11)13-6-7-14(10(3)19)15(16)9-13/h6-9H,4-5H2,1-3H3. The van der Waals surface area contributed by atoms with Crippen molar-refractivity contribution in [3.05, 3.63) is 45.7 Å². The summed E-state index contributed by atoms with van der Waals surface area (Å²) in [5.41, 5.74) is 3.95. The van der Waals surface area contributed by atoms with E-state index < -0.39 is 0 Å². The van der Waals surface area contributed by atoms with Gasteiger partial charge in [-0.05, 0) is 60.0 Å². The van der Waals surface area contributed by atoms with Gasteiger partial charge < -0.3 is 0 Å². The molecule has 1 aromatic carbocycles. The Labute approximate surface area is 121 Å². The Bertz CT molecular complexity index is 617. The number of hydrogen-bond acceptors (Lipinski definition) is 2. The fraction of sp³-hybridized carbons (Fsp3) is 0.333. The second kappa shape index (κ2) is 5.70. The number of aromatic nitrogens is 2. The predicted molar refractivity (Wildman–Crippen MR) is 80.0 cm³/mol. The van der Waals surface area contributed by atoms with Gasteiger partial charge in [0.25, 0.3) is 0 Å². The third-order valence-corrected chi connectivity index (χ3v) is 3.79. The van der Waals surface area contributed by atoms with E-state index in [1.807, 2.05) is 22.9 Å². The van der Waals surface area contributed by atoms with Crippen molar-refractivity contribution in [2.45, 2.75) is 33.6 Å². The normalized spacial score (nSPS) is 10.7. The predicted octanol–water partition coefficient (Wildman–Crippen LogP) is 3.96. The zero-order valence-electron chi connectivity index (χ0n) is 11.4. The molecule has 0 N–H and O–H groups in total. The minimum absolute atomic E-state index is 0.0591. The maximum atomic E-state index is 11.4. The Morgan fingerprint density at radius 3 is 2.53 bits per heavy atom. The van der Waals surface area contributed by atoms with Crippen molar-refractivity contribution >= 4 is 21.7 Å². The van der Waals surface area contributed by atoms with Crippen LogP contribution >= 0.6 is 15.9 Å². The fourth-order valence-corrected chi connectivity index (χ4v) is 2.69. The van der Waals surface area contributed by atoms with Crippen molar-refractivity contribution in [1.82, 2.24) is 9.78 Å². The quantitative estimate of drug-likeness (QED) is 0.799. The molecular weight excluding hydrogens is 304 g/mol. The van der Waals surface area contributed by atoms with Gasteiger partial charge in [-0.15, -0.1) is 0 Å². The average Bonchev–Trinajstić information content (AvgIpc) is 2.81. The van der Waals surface area contributed by atoms with Crippen LogP contribution < -0.4 is 0 Å². The van der Waals surface area contributed by atoms with E-state index in [1.165, 1.54) is 5.69 Å². The molecule has 100 valence electrons. The van der Waals surface area contributed by atoms with Crippen LogP contribution in [0.15, 0.2) is 28.7 Å². The molecule has 1 aromatic heterocycles. The van der Waals surface area contributed by atoms with Gasteiger partial charge in [0.1, 0.15) is 0 Å². The number of Topliss-reactive ketones (excluding diaryl/α,β-unsaturated/α-hetero) is 1. The van der Waals surface area contributed by atoms with E-state index in [9.17, 15) is 4.79 Å². The maximum absolute atomic E-state index is 11.4. The first-order valence-electron chi connectivity index (χ1n) is 6.45. The highest BCUT2D eigenvalue weighted by atomic mass is 79.9. The molecule has 0 bridgehead atoms. The van der Waals surface area contributed by atoms with Gasteiger partial charge in [-0.25, -0.2) is 4.68 Å². The zero-order chi connectivity index (χ0) is 14.0. The number of ketones is 1. The molecule has 4 heteroatoms. The maximum Gasteiger partial charge on any atom is 0.160 e. The van der Waals surface area contributed by atoms with Crippen molar-refractivity contribution in [3.63, 3.8) is 0 Å². The Morgan fingerprint density at radius 1 is 1.26 bits per heavy atom. The molecule has 0 fully saturated rings. The second-order valence-corrected chi connectivity index (χ2v) is 5.32. The largest absolute Gasteiger partial charge is 0.294 e. The summed E-state index contributed by atoms with van der Waals surface area (Å²) in [7, 11) is 0. The highest BCUT2D eigenvalue weighted by Crippen LogP contribution is 2.22. The monoisotopic (exact) mass is 320 g/mol. The smallest absolute Gasteiger partial charge is 0.160 e. The Kier molecular flexibility index (Phi) is 4.20. The molecule has 0 unspecified atom stereocenters. The van der Waals surface area contributed by atoms with E-state index in [-0.39, 0.29) is 5.78 Å². The van der Waals surface area contributed by atoms with Crippen LogP contribution in [-0.2, 0) is 12.8 Å². The van der Waals surface area contributed by atoms with Gasteiger partial charge in [0.05, 0.1) is 11.4 Å². The molecule has 2 rings (SSSR count). The number of aryl methyl sites for hydroxylation is 2. The first-order valence-corrected chi connectivity index (χ1v) is 7.24. The number of carbonyl (C=O) groups excluding carboxylic acids is 1. The summed E-state index contributed by atoms with van der Waals surface area (Å²) >= 11 is 3.45. The highest BCUT2D eigenvalue weighted by molar-refractivity contribution is 9.10. The topological polar surface area (TPSA) is 34.9 Å². The lowest BCUT2D eigenvalue weighted by Gasteiger charge is -2.08. The number of carbonyl (C=O) groups is 1. The molecule has 1 heterocycles. The van der Waals surface area contributed by atoms with Crippen molar-refractivity contribution in [2.75, 3.05) is 0 Å². The number of nitrogens with zero attached hydrogens (tertiary/aromatic N) is 2. The average molecular weight is 321 g/mol. The first-order chi connectivity index (χ1) is 9.06. The first kappa shape index (κ1) is 14.0. The summed E-state index contributed by atoms with van der Waals surface area (Å²) in [5.74, 6) is 0.0591. The number of benzene rings is 1. The molecule has 0 aliphatic carbocycles. The molecule has 0 saturated carbocycles. The molecule has 0 aliphatic rings. The van der Waals surface area contributed by atoms with E-state index >= 15 is 0 Å². The third kappa shape index (κ3) is 2.78. The lowest BCUT2D eigenvalue weighted by molar-refractivity contribution is 0.101. The van der Waals surface area contributed by atoms with E-state index in [2.05, 4.69) is 40.9 Å². The fourth-order valence-electron chi connectivity index (χ4n) is 2.04. The molecule has 19 heavy (non-hydrogen) atoms. The van der Waals surface area contributed by atoms with Crippen LogP contribution in [-0.4, -0.2) is 15.6 Å². The van der Waals surface area contributed by atoms with Gasteiger partial charge in [-0.2, -0.15) is 5.10 Å². The molecule has 0 atom stereocenters. The summed E-state index contributed by atoms with van der Waals surface area (Å²) in [4.78, 5) is 11.4. The summed E-state index contributed by atoms with van der Waals surface area (Å²) in [6, 6.07) is 7.86. The summed E-state index contributed by atoms with van der Waals surface area (Å²) in [6.45, 7) is 5.78. The molecule has 0 spiro atoms. The summed E-state index contributed by atoms with van der Waals surface area (Å²) < 4.78 is 2.76. The lowest BCUT2D eigenvalue weighted by atomic mass is 10.1. The number of rotatable bonds is 4. The van der Waals surface area contributed by atoms with Gasteiger partial charge in [-0.3, -0.25) is 4.79 Å². The van der Waals surface area contributed by atoms with Crippen LogP contribution in [0.3, 0.4) is 0 Å². The highest BCUT2D eigenvalue weighted by Gasteiger charge is 2.10. The van der Waals surface area contributed by atoms with Crippen LogP contribution in [0.4, 0.5) is 0 Å². The van der Waals surface area contributed by atoms with Gasteiger partial charge in [0.15, 0.2) is 5.78 Å². The van der Waals surface area contributed by atoms with Gasteiger partial charge in [0, 0.05) is 15.7 Å². The molecule has 0 aliphatic heterocycles. The molecule has 3 nitrogen and oxygen atoms in total. The van der Waals surface area contributed by atoms with Crippen molar-refractivity contribution in [2.24, 2.45) is 0 Å². The van der Waals surface area contributed by atoms with Crippen molar-refractivity contribution in [1.29, 1.82) is 0 Å². The zero-order valence-corrected chi connectivity index (χ0v) is 13.0. The molecule has 2 aromatic rings. The minimum atomic E-state index is 0.0591. The van der Waals surface area contributed by atoms with Crippen LogP contribution in [0.1, 0.15) is 42.5 Å². The van der Waals surface area contributed by atoms with Crippen LogP contribution in [0, 0.1) is 0 Å². The van der Waals surface area contributed by atoms with Gasteiger partial charge in [0.2, 0.25) is 0 Å². The summed E-state index contributed by atoms with van der Waals surface area (Å²) in [5, 5.41) is 4.60. The molecular formula is C15H17BrN2O. The Morgan fingerprint density at radius 2 is 2.00 bits per heavy atom. The van der Waals surface area contributed by atoms with E-state index in [0.717, 1.165) is 28.7 Å². The van der Waals surface area contributed by atoms with Crippen LogP contribution in [0.2, 0.25) is 0 Å². The van der Waals surface area contributed by atoms with E-state index in [1.54, 1.807) is 6.92 Å². The second-order valence-electron chi connectivity index (χ2n) is 4.47. The van der Waals surface area contributed by atoms with Gasteiger partial charge >= 0.3 is 0 Å². The SMILES string of the molecule is CCc1cc(CC)n(-c2ccc(C(C)=O)c(Br)c2)n1. The Balaban J connectivity index is 2.50. The van der Waals surface area contributed by atoms with Crippen LogP contribution in [0.5, 0.6) is 0 Å². The molecule has 0 radical (unpaired) electrons. The van der Waals surface area contributed by atoms with Crippen molar-refractivity contribution in [3.8, 4) is 5.69 Å². The number of halogens is 1. The number of hydrogen-bond donors (Lipinski definition) is 0. The Hall–Kier alpha value is -1.42. The van der Waals surface area contributed by atoms with Gasteiger partial charge in [-0.1, -0.05) is 13.8 Å². The molecule has 0 saturated heterocycles. The summed E-state index contributed by atoms with van der Waals surface area (Å²) in [6.07, 6.45) is 1.85. The lowest BCUT2D eigenvalue weighted by Crippen LogP contribution is -2.03. The molecule has 0 amide bonds. The van der Waals surface area contributed by atoms with E-state index in [4.69, 9.17) is 0 Å². The minimum Gasteiger partial charge on any atom is -0.294 e. The third-order valence-electron chi connectivity index (χ3n) is 3.13. The van der Waals surface area contributed by atoms with E-state index in [0.29, 0.717) is 5.56 Å².